The Bertz CT molecular complexity index is 940. The average molecular weight is 464 g/mol. The Morgan fingerprint density at radius 2 is 1.97 bits per heavy atom. The van der Waals surface area contributed by atoms with Gasteiger partial charge in [0.05, 0.1) is 31.2 Å². The molecule has 2 aliphatic rings. The number of hydrogen-bond acceptors (Lipinski definition) is 5. The second-order valence-corrected chi connectivity index (χ2v) is 8.57. The molecule has 1 aromatic carbocycles. The minimum absolute atomic E-state index is 0.00375. The molecule has 2 heterocycles. The van der Waals surface area contributed by atoms with Crippen LogP contribution in [0.2, 0.25) is 0 Å². The third kappa shape index (κ3) is 5.89. The predicted molar refractivity (Wildman–Crippen MR) is 118 cm³/mol. The first-order chi connectivity index (χ1) is 15.9. The molecule has 1 amide bonds. The van der Waals surface area contributed by atoms with Crippen LogP contribution < -0.4 is 19.7 Å². The Hall–Kier alpha value is -2.97. The summed E-state index contributed by atoms with van der Waals surface area (Å²) in [4.78, 5) is 18.5. The van der Waals surface area contributed by atoms with Gasteiger partial charge in [0.25, 0.3) is 5.92 Å². The zero-order valence-corrected chi connectivity index (χ0v) is 18.5. The summed E-state index contributed by atoms with van der Waals surface area (Å²) in [6.07, 6.45) is 2.29. The van der Waals surface area contributed by atoms with Gasteiger partial charge < -0.3 is 19.7 Å². The van der Waals surface area contributed by atoms with Crippen molar-refractivity contribution in [3.63, 3.8) is 0 Å². The quantitative estimate of drug-likeness (QED) is 0.578. The number of amides is 1. The fourth-order valence-electron chi connectivity index (χ4n) is 3.83. The fraction of sp³-hybridized carbons (Fsp3) is 0.500. The Kier molecular flexibility index (Phi) is 6.95. The van der Waals surface area contributed by atoms with Gasteiger partial charge in [-0.25, -0.2) is 18.2 Å². The Balaban J connectivity index is 1.25. The van der Waals surface area contributed by atoms with E-state index in [2.05, 4.69) is 15.2 Å². The lowest BCUT2D eigenvalue weighted by atomic mass is 10.0. The van der Waals surface area contributed by atoms with E-state index < -0.39 is 18.5 Å². The summed E-state index contributed by atoms with van der Waals surface area (Å²) in [6, 6.07) is 10.9. The molecule has 1 aliphatic heterocycles. The van der Waals surface area contributed by atoms with Crippen molar-refractivity contribution in [2.75, 3.05) is 37.8 Å². The van der Waals surface area contributed by atoms with Crippen LogP contribution in [0.1, 0.15) is 31.2 Å². The van der Waals surface area contributed by atoms with Crippen molar-refractivity contribution in [2.45, 2.75) is 37.7 Å². The average Bonchev–Trinajstić information content (AvgIpc) is 3.19. The van der Waals surface area contributed by atoms with Gasteiger partial charge in [-0.2, -0.15) is 0 Å². The molecule has 1 N–H and O–H groups in total. The van der Waals surface area contributed by atoms with Crippen molar-refractivity contribution in [1.29, 1.82) is 0 Å². The van der Waals surface area contributed by atoms with Gasteiger partial charge in [-0.3, -0.25) is 4.79 Å². The fourth-order valence-corrected chi connectivity index (χ4v) is 3.83. The van der Waals surface area contributed by atoms with E-state index in [1.54, 1.807) is 19.2 Å². The van der Waals surface area contributed by atoms with Crippen molar-refractivity contribution < 1.29 is 27.4 Å². The Morgan fingerprint density at radius 1 is 1.24 bits per heavy atom. The molecule has 0 radical (unpaired) electrons. The molecule has 4 rings (SSSR count). The van der Waals surface area contributed by atoms with Gasteiger partial charge in [-0.15, -0.1) is 0 Å². The molecule has 9 heteroatoms. The SMILES string of the molecule is CC(C(=O)NCCF)c1ccc(OC2CCN(c3ccc(OCC4CC4(F)F)cn3)C2)cc1. The number of nitrogens with one attached hydrogen (secondary N) is 1. The molecule has 2 aromatic rings. The number of anilines is 1. The Morgan fingerprint density at radius 3 is 2.61 bits per heavy atom. The highest BCUT2D eigenvalue weighted by Gasteiger charge is 2.57. The molecule has 1 aliphatic carbocycles. The molecule has 3 unspecified atom stereocenters. The van der Waals surface area contributed by atoms with Crippen LogP contribution in [0.5, 0.6) is 11.5 Å². The number of carbonyl (C=O) groups excluding carboxylic acids is 1. The van der Waals surface area contributed by atoms with Crippen molar-refractivity contribution in [3.05, 3.63) is 48.2 Å². The molecule has 6 nitrogen and oxygen atoms in total. The third-order valence-electron chi connectivity index (χ3n) is 6.07. The van der Waals surface area contributed by atoms with Crippen molar-refractivity contribution >= 4 is 11.7 Å². The van der Waals surface area contributed by atoms with E-state index in [0.29, 0.717) is 12.3 Å². The molecule has 33 heavy (non-hydrogen) atoms. The number of ether oxygens (including phenoxy) is 2. The minimum Gasteiger partial charge on any atom is -0.491 e. The van der Waals surface area contributed by atoms with E-state index in [1.165, 1.54) is 0 Å². The summed E-state index contributed by atoms with van der Waals surface area (Å²) in [7, 11) is 0. The highest BCUT2D eigenvalue weighted by atomic mass is 19.3. The first-order valence-electron chi connectivity index (χ1n) is 11.2. The topological polar surface area (TPSA) is 63.7 Å². The van der Waals surface area contributed by atoms with Crippen LogP contribution in [0.3, 0.4) is 0 Å². The highest BCUT2D eigenvalue weighted by Crippen LogP contribution is 2.48. The van der Waals surface area contributed by atoms with Crippen LogP contribution in [-0.4, -0.2) is 55.8 Å². The number of benzene rings is 1. The number of rotatable bonds is 10. The lowest BCUT2D eigenvalue weighted by Crippen LogP contribution is -2.29. The third-order valence-corrected chi connectivity index (χ3v) is 6.07. The smallest absolute Gasteiger partial charge is 0.255 e. The summed E-state index contributed by atoms with van der Waals surface area (Å²) in [5, 5.41) is 2.55. The van der Waals surface area contributed by atoms with Crippen LogP contribution in [0.4, 0.5) is 19.0 Å². The largest absolute Gasteiger partial charge is 0.491 e. The van der Waals surface area contributed by atoms with Gasteiger partial charge in [0.1, 0.15) is 30.1 Å². The van der Waals surface area contributed by atoms with Crippen molar-refractivity contribution in [3.8, 4) is 11.5 Å². The lowest BCUT2D eigenvalue weighted by molar-refractivity contribution is -0.122. The molecule has 3 atom stereocenters. The van der Waals surface area contributed by atoms with Crippen LogP contribution in [0.15, 0.2) is 42.6 Å². The summed E-state index contributed by atoms with van der Waals surface area (Å²) < 4.78 is 49.6. The monoisotopic (exact) mass is 463 g/mol. The van der Waals surface area contributed by atoms with Gasteiger partial charge in [-0.05, 0) is 36.8 Å². The maximum atomic E-state index is 12.9. The maximum absolute atomic E-state index is 12.9. The first kappa shape index (κ1) is 23.2. The number of aromatic nitrogens is 1. The first-order valence-corrected chi connectivity index (χ1v) is 11.2. The standard InChI is InChI=1S/C24H28F3N3O3/c1-16(23(31)28-10-9-25)17-2-4-19(5-3-17)33-21-8-11-30(14-21)22-7-6-20(13-29-22)32-15-18-12-24(18,26)27/h2-7,13,16,18,21H,8-12,14-15H2,1H3,(H,28,31). The Labute approximate surface area is 191 Å². The number of nitrogens with zero attached hydrogens (tertiary/aromatic N) is 2. The van der Waals surface area contributed by atoms with Gasteiger partial charge in [0.15, 0.2) is 0 Å². The number of halogens is 3. The second kappa shape index (κ2) is 9.89. The molecule has 0 spiro atoms. The number of carbonyl (C=O) groups is 1. The number of hydrogen-bond donors (Lipinski definition) is 1. The molecule has 0 bridgehead atoms. The van der Waals surface area contributed by atoms with Crippen LogP contribution >= 0.6 is 0 Å². The van der Waals surface area contributed by atoms with Crippen molar-refractivity contribution in [1.82, 2.24) is 10.3 Å². The molecule has 1 aromatic heterocycles. The zero-order chi connectivity index (χ0) is 23.4. The second-order valence-electron chi connectivity index (χ2n) is 8.57. The van der Waals surface area contributed by atoms with Gasteiger partial charge in [0, 0.05) is 25.9 Å². The van der Waals surface area contributed by atoms with E-state index >= 15 is 0 Å². The maximum Gasteiger partial charge on any atom is 0.255 e. The van der Waals surface area contributed by atoms with Gasteiger partial charge in [0.2, 0.25) is 5.91 Å². The summed E-state index contributed by atoms with van der Waals surface area (Å²) in [6.45, 7) is 2.68. The van der Waals surface area contributed by atoms with E-state index in [4.69, 9.17) is 9.47 Å². The molecule has 1 saturated heterocycles. The van der Waals surface area contributed by atoms with Crippen LogP contribution in [-0.2, 0) is 4.79 Å². The van der Waals surface area contributed by atoms with E-state index in [-0.39, 0.29) is 37.5 Å². The summed E-state index contributed by atoms with van der Waals surface area (Å²) >= 11 is 0. The molecular weight excluding hydrogens is 435 g/mol. The van der Waals surface area contributed by atoms with Crippen LogP contribution in [0, 0.1) is 5.92 Å². The van der Waals surface area contributed by atoms with Gasteiger partial charge >= 0.3 is 0 Å². The number of pyridine rings is 1. The molecular formula is C24H28F3N3O3. The molecule has 178 valence electrons. The summed E-state index contributed by atoms with van der Waals surface area (Å²) in [5.41, 5.74) is 0.837. The van der Waals surface area contributed by atoms with E-state index in [0.717, 1.165) is 30.1 Å². The molecule has 1 saturated carbocycles. The van der Waals surface area contributed by atoms with Gasteiger partial charge in [-0.1, -0.05) is 12.1 Å². The predicted octanol–water partition coefficient (Wildman–Crippen LogP) is 3.96. The highest BCUT2D eigenvalue weighted by molar-refractivity contribution is 5.83. The van der Waals surface area contributed by atoms with E-state index in [1.807, 2.05) is 30.3 Å². The van der Waals surface area contributed by atoms with E-state index in [9.17, 15) is 18.0 Å². The number of alkyl halides is 3. The minimum atomic E-state index is -2.58. The van der Waals surface area contributed by atoms with Crippen molar-refractivity contribution in [2.24, 2.45) is 5.92 Å². The lowest BCUT2D eigenvalue weighted by Gasteiger charge is -2.19. The zero-order valence-electron chi connectivity index (χ0n) is 18.5. The summed E-state index contributed by atoms with van der Waals surface area (Å²) in [5.74, 6) is -1.86. The molecule has 2 fully saturated rings. The normalized spacial score (nSPS) is 22.0. The van der Waals surface area contributed by atoms with Crippen LogP contribution in [0.25, 0.3) is 0 Å².